The van der Waals surface area contributed by atoms with Gasteiger partial charge in [0.2, 0.25) is 0 Å². The van der Waals surface area contributed by atoms with Crippen molar-refractivity contribution in [3.8, 4) is 0 Å². The molecule has 0 atom stereocenters. The van der Waals surface area contributed by atoms with Gasteiger partial charge in [-0.15, -0.1) is 0 Å². The molecule has 4 nitrogen and oxygen atoms in total. The molecule has 0 radical (unpaired) electrons. The van der Waals surface area contributed by atoms with E-state index in [2.05, 4.69) is 5.16 Å². The van der Waals surface area contributed by atoms with Gasteiger partial charge < -0.3 is 16.7 Å². The maximum Gasteiger partial charge on any atom is 0.173 e. The van der Waals surface area contributed by atoms with E-state index >= 15 is 0 Å². The van der Waals surface area contributed by atoms with Crippen molar-refractivity contribution in [1.82, 2.24) is 0 Å². The Balaban J connectivity index is 3.32. The van der Waals surface area contributed by atoms with Crippen molar-refractivity contribution < 1.29 is 14.0 Å². The number of nitrogens with zero attached hydrogens (tertiary/aromatic N) is 1. The van der Waals surface area contributed by atoms with E-state index in [4.69, 9.17) is 16.7 Å². The largest absolute Gasteiger partial charge is 0.409 e. The Morgan fingerprint density at radius 1 is 1.31 bits per heavy atom. The van der Waals surface area contributed by atoms with E-state index in [1.165, 1.54) is 0 Å². The normalized spacial score (nSPS) is 11.7. The van der Waals surface area contributed by atoms with Gasteiger partial charge in [0.15, 0.2) is 5.84 Å². The van der Waals surface area contributed by atoms with Crippen LogP contribution in [0.2, 0.25) is 0 Å². The van der Waals surface area contributed by atoms with Crippen LogP contribution in [0.4, 0.5) is 14.5 Å². The summed E-state index contributed by atoms with van der Waals surface area (Å²) in [5.74, 6) is -2.16. The van der Waals surface area contributed by atoms with Gasteiger partial charge in [0.05, 0.1) is 11.3 Å². The lowest BCUT2D eigenvalue weighted by Crippen LogP contribution is -2.15. The van der Waals surface area contributed by atoms with Crippen LogP contribution < -0.4 is 11.5 Å². The van der Waals surface area contributed by atoms with E-state index in [0.29, 0.717) is 0 Å². The van der Waals surface area contributed by atoms with Crippen LogP contribution in [-0.4, -0.2) is 11.0 Å². The lowest BCUT2D eigenvalue weighted by molar-refractivity contribution is 0.318. The zero-order valence-electron chi connectivity index (χ0n) is 6.46. The van der Waals surface area contributed by atoms with Gasteiger partial charge in [-0.3, -0.25) is 0 Å². The molecule has 1 aromatic rings. The molecule has 0 saturated carbocycles. The van der Waals surface area contributed by atoms with E-state index in [9.17, 15) is 8.78 Å². The van der Waals surface area contributed by atoms with Crippen LogP contribution in [0.25, 0.3) is 0 Å². The third-order valence-electron chi connectivity index (χ3n) is 1.47. The highest BCUT2D eigenvalue weighted by Crippen LogP contribution is 2.15. The molecule has 0 fully saturated rings. The topological polar surface area (TPSA) is 84.6 Å². The van der Waals surface area contributed by atoms with Crippen LogP contribution in [0.15, 0.2) is 17.3 Å². The maximum atomic E-state index is 12.9. The molecule has 0 aliphatic heterocycles. The highest BCUT2D eigenvalue weighted by Gasteiger charge is 2.10. The predicted octanol–water partition coefficient (Wildman–Crippen LogP) is 0.641. The lowest BCUT2D eigenvalue weighted by atomic mass is 10.1. The molecule has 0 bridgehead atoms. The minimum atomic E-state index is -0.839. The Kier molecular flexibility index (Phi) is 2.32. The average molecular weight is 187 g/mol. The zero-order chi connectivity index (χ0) is 10.0. The Morgan fingerprint density at radius 3 is 2.46 bits per heavy atom. The summed E-state index contributed by atoms with van der Waals surface area (Å²) >= 11 is 0. The molecule has 1 aromatic carbocycles. The zero-order valence-corrected chi connectivity index (χ0v) is 6.46. The van der Waals surface area contributed by atoms with Crippen molar-refractivity contribution in [2.75, 3.05) is 5.73 Å². The van der Waals surface area contributed by atoms with E-state index in [1.807, 2.05) is 0 Å². The molecule has 0 spiro atoms. The van der Waals surface area contributed by atoms with Crippen molar-refractivity contribution >= 4 is 11.5 Å². The molecular formula is C7H7F2N3O. The number of amidine groups is 1. The van der Waals surface area contributed by atoms with Crippen LogP contribution in [-0.2, 0) is 0 Å². The van der Waals surface area contributed by atoms with Crippen LogP contribution in [0.1, 0.15) is 5.56 Å². The van der Waals surface area contributed by atoms with Crippen LogP contribution in [0.5, 0.6) is 0 Å². The number of nitrogens with two attached hydrogens (primary N) is 2. The van der Waals surface area contributed by atoms with Gasteiger partial charge in [0.25, 0.3) is 0 Å². The Morgan fingerprint density at radius 2 is 1.92 bits per heavy atom. The summed E-state index contributed by atoms with van der Waals surface area (Å²) in [5.41, 5.74) is 9.49. The van der Waals surface area contributed by atoms with Gasteiger partial charge in [0.1, 0.15) is 11.6 Å². The summed E-state index contributed by atoms with van der Waals surface area (Å²) in [6.45, 7) is 0. The van der Waals surface area contributed by atoms with Gasteiger partial charge in [-0.05, 0) is 6.07 Å². The smallest absolute Gasteiger partial charge is 0.173 e. The van der Waals surface area contributed by atoms with E-state index in [-0.39, 0.29) is 11.3 Å². The van der Waals surface area contributed by atoms with Crippen LogP contribution in [0, 0.1) is 11.6 Å². The molecule has 0 aliphatic carbocycles. The number of nitrogen functional groups attached to an aromatic ring is 1. The number of anilines is 1. The summed E-state index contributed by atoms with van der Waals surface area (Å²) in [4.78, 5) is 0. The van der Waals surface area contributed by atoms with Crippen molar-refractivity contribution in [3.63, 3.8) is 0 Å². The summed E-state index contributed by atoms with van der Waals surface area (Å²) in [6.07, 6.45) is 0. The van der Waals surface area contributed by atoms with Gasteiger partial charge >= 0.3 is 0 Å². The SMILES string of the molecule is N/C(=N\O)c1cc(F)c(N)cc1F. The third-order valence-corrected chi connectivity index (χ3v) is 1.47. The third kappa shape index (κ3) is 1.66. The maximum absolute atomic E-state index is 12.9. The monoisotopic (exact) mass is 187 g/mol. The number of halogens is 2. The number of oxime groups is 1. The number of hydrogen-bond acceptors (Lipinski definition) is 3. The molecule has 5 N–H and O–H groups in total. The van der Waals surface area contributed by atoms with Crippen molar-refractivity contribution in [1.29, 1.82) is 0 Å². The van der Waals surface area contributed by atoms with Crippen molar-refractivity contribution in [3.05, 3.63) is 29.3 Å². The Hall–Kier alpha value is -1.85. The first kappa shape index (κ1) is 9.24. The first-order valence-corrected chi connectivity index (χ1v) is 3.28. The van der Waals surface area contributed by atoms with Gasteiger partial charge in [-0.2, -0.15) is 0 Å². The summed E-state index contributed by atoms with van der Waals surface area (Å²) in [7, 11) is 0. The molecular weight excluding hydrogens is 180 g/mol. The van der Waals surface area contributed by atoms with Gasteiger partial charge in [-0.1, -0.05) is 5.16 Å². The first-order valence-electron chi connectivity index (χ1n) is 3.28. The highest BCUT2D eigenvalue weighted by atomic mass is 19.1. The Labute approximate surface area is 72.5 Å². The summed E-state index contributed by atoms with van der Waals surface area (Å²) < 4.78 is 25.7. The first-order chi connectivity index (χ1) is 6.06. The fourth-order valence-corrected chi connectivity index (χ4v) is 0.812. The Bertz CT molecular complexity index is 365. The van der Waals surface area contributed by atoms with E-state index in [0.717, 1.165) is 12.1 Å². The van der Waals surface area contributed by atoms with E-state index in [1.54, 1.807) is 0 Å². The van der Waals surface area contributed by atoms with Gasteiger partial charge in [0, 0.05) is 6.07 Å². The molecule has 1 rings (SSSR count). The molecule has 0 aliphatic rings. The molecule has 6 heteroatoms. The predicted molar refractivity (Wildman–Crippen MR) is 43.3 cm³/mol. The molecule has 70 valence electrons. The number of rotatable bonds is 1. The van der Waals surface area contributed by atoms with Gasteiger partial charge in [-0.25, -0.2) is 8.78 Å². The second-order valence-corrected chi connectivity index (χ2v) is 2.34. The number of benzene rings is 1. The highest BCUT2D eigenvalue weighted by molar-refractivity contribution is 5.97. The minimum absolute atomic E-state index is 0.325. The van der Waals surface area contributed by atoms with Crippen molar-refractivity contribution in [2.24, 2.45) is 10.9 Å². The molecule has 13 heavy (non-hydrogen) atoms. The average Bonchev–Trinajstić information content (AvgIpc) is 2.10. The fraction of sp³-hybridized carbons (Fsp3) is 0. The standard InChI is InChI=1S/C7H7F2N3O/c8-4-2-6(10)5(9)1-3(4)7(11)12-13/h1-2,13H,10H2,(H2,11,12). The fourth-order valence-electron chi connectivity index (χ4n) is 0.812. The molecule has 0 unspecified atom stereocenters. The number of hydrogen-bond donors (Lipinski definition) is 3. The molecule has 0 aromatic heterocycles. The van der Waals surface area contributed by atoms with E-state index < -0.39 is 17.5 Å². The summed E-state index contributed by atoms with van der Waals surface area (Å²) in [6, 6.07) is 1.53. The van der Waals surface area contributed by atoms with Crippen molar-refractivity contribution in [2.45, 2.75) is 0 Å². The molecule has 0 amide bonds. The minimum Gasteiger partial charge on any atom is -0.409 e. The molecule has 0 saturated heterocycles. The van der Waals surface area contributed by atoms with Crippen LogP contribution in [0.3, 0.4) is 0 Å². The second kappa shape index (κ2) is 3.26. The lowest BCUT2D eigenvalue weighted by Gasteiger charge is -2.02. The molecule has 0 heterocycles. The van der Waals surface area contributed by atoms with Crippen LogP contribution >= 0.6 is 0 Å². The quantitative estimate of drug-likeness (QED) is 0.198. The summed E-state index contributed by atoms with van der Waals surface area (Å²) in [5, 5.41) is 10.8. The second-order valence-electron chi connectivity index (χ2n) is 2.34.